The molecule has 1 unspecified atom stereocenters. The molecule has 1 atom stereocenters. The zero-order chi connectivity index (χ0) is 8.27. The molecule has 0 aliphatic rings. The predicted molar refractivity (Wildman–Crippen MR) is 52.4 cm³/mol. The molecule has 0 radical (unpaired) electrons. The number of amides is 1. The lowest BCUT2D eigenvalue weighted by atomic mass is 10.3. The molecule has 1 aromatic carbocycles. The van der Waals surface area contributed by atoms with Gasteiger partial charge in [0.25, 0.3) is 0 Å². The maximum atomic E-state index is 10.3. The Morgan fingerprint density at radius 1 is 1.36 bits per heavy atom. The molecule has 1 aromatic rings. The third-order valence-electron chi connectivity index (χ3n) is 1.24. The summed E-state index contributed by atoms with van der Waals surface area (Å²) in [5, 5.41) is 0. The number of carbonyl (C=O) groups is 1. The normalized spacial score (nSPS) is 9.27. The zero-order valence-electron chi connectivity index (χ0n) is 5.70. The summed E-state index contributed by atoms with van der Waals surface area (Å²) in [6.45, 7) is 0. The van der Waals surface area contributed by atoms with Crippen molar-refractivity contribution in [2.75, 3.05) is 4.67 Å². The minimum absolute atomic E-state index is 0.744. The van der Waals surface area contributed by atoms with Gasteiger partial charge in [-0.25, -0.2) is 0 Å². The number of anilines is 1. The highest BCUT2D eigenvalue weighted by molar-refractivity contribution is 9.10. The highest BCUT2D eigenvalue weighted by Gasteiger charge is 1.96. The lowest BCUT2D eigenvalue weighted by Gasteiger charge is -2.08. The van der Waals surface area contributed by atoms with E-state index in [0.29, 0.717) is 0 Å². The van der Waals surface area contributed by atoms with Crippen molar-refractivity contribution >= 4 is 37.4 Å². The Morgan fingerprint density at radius 3 is 2.36 bits per heavy atom. The van der Waals surface area contributed by atoms with Gasteiger partial charge in [-0.05, 0) is 33.7 Å². The Hall–Kier alpha value is -0.400. The summed E-state index contributed by atoms with van der Waals surface area (Å²) in [6, 6.07) is 7.47. The molecule has 58 valence electrons. The first-order valence-corrected chi connectivity index (χ1v) is 4.30. The third kappa shape index (κ3) is 2.28. The molecule has 0 bridgehead atoms. The van der Waals surface area contributed by atoms with Gasteiger partial charge in [-0.1, -0.05) is 15.9 Å². The molecule has 0 heterocycles. The molecular weight excluding hydrogens is 225 g/mol. The van der Waals surface area contributed by atoms with Crippen LogP contribution >= 0.6 is 25.3 Å². The molecule has 0 N–H and O–H groups in total. The minimum atomic E-state index is 0.744. The van der Waals surface area contributed by atoms with E-state index in [-0.39, 0.29) is 0 Å². The van der Waals surface area contributed by atoms with E-state index in [0.717, 1.165) is 16.6 Å². The van der Waals surface area contributed by atoms with Crippen molar-refractivity contribution in [3.8, 4) is 0 Å². The van der Waals surface area contributed by atoms with Crippen LogP contribution in [0, 0.1) is 0 Å². The van der Waals surface area contributed by atoms with Gasteiger partial charge in [0, 0.05) is 10.2 Å². The van der Waals surface area contributed by atoms with Crippen LogP contribution in [0.1, 0.15) is 0 Å². The van der Waals surface area contributed by atoms with Crippen LogP contribution in [0.3, 0.4) is 0 Å². The lowest BCUT2D eigenvalue weighted by molar-refractivity contribution is -0.106. The Morgan fingerprint density at radius 2 is 1.91 bits per heavy atom. The Bertz CT molecular complexity index is 249. The Kier molecular flexibility index (Phi) is 3.03. The van der Waals surface area contributed by atoms with Gasteiger partial charge in [0.1, 0.15) is 0 Å². The fraction of sp³-hybridized carbons (Fsp3) is 0. The summed E-state index contributed by atoms with van der Waals surface area (Å²) < 4.78 is 2.44. The van der Waals surface area contributed by atoms with Crippen LogP contribution in [0.5, 0.6) is 0 Å². The van der Waals surface area contributed by atoms with E-state index in [1.807, 2.05) is 24.3 Å². The lowest BCUT2D eigenvalue weighted by Crippen LogP contribution is -2.04. The number of rotatable bonds is 2. The Balaban J connectivity index is 2.89. The molecule has 1 amide bonds. The van der Waals surface area contributed by atoms with Gasteiger partial charge in [0.05, 0.1) is 0 Å². The average molecular weight is 232 g/mol. The van der Waals surface area contributed by atoms with Crippen LogP contribution in [-0.4, -0.2) is 6.41 Å². The maximum Gasteiger partial charge on any atom is 0.217 e. The van der Waals surface area contributed by atoms with Crippen molar-refractivity contribution in [3.63, 3.8) is 0 Å². The fourth-order valence-corrected chi connectivity index (χ4v) is 1.11. The number of benzene rings is 1. The number of halogens is 1. The summed E-state index contributed by atoms with van der Waals surface area (Å²) in [7, 11) is 2.31. The number of hydrogen-bond acceptors (Lipinski definition) is 1. The quantitative estimate of drug-likeness (QED) is 0.565. The first-order chi connectivity index (χ1) is 5.24. The summed E-state index contributed by atoms with van der Waals surface area (Å²) in [4.78, 5) is 10.3. The second kappa shape index (κ2) is 3.84. The number of hydrogen-bond donors (Lipinski definition) is 0. The molecule has 2 nitrogen and oxygen atoms in total. The van der Waals surface area contributed by atoms with Gasteiger partial charge in [-0.2, -0.15) is 0 Å². The molecule has 0 spiro atoms. The van der Waals surface area contributed by atoms with Gasteiger partial charge in [0.15, 0.2) is 0 Å². The standard InChI is InChI=1S/C7H7BrNOP/c8-6-1-3-7(4-2-6)9(11)5-10/h1-5H,11H2. The van der Waals surface area contributed by atoms with E-state index in [9.17, 15) is 4.79 Å². The molecule has 11 heavy (non-hydrogen) atoms. The summed E-state index contributed by atoms with van der Waals surface area (Å²) in [5.41, 5.74) is 0.855. The van der Waals surface area contributed by atoms with Gasteiger partial charge in [-0.15, -0.1) is 0 Å². The molecule has 0 aliphatic heterocycles. The van der Waals surface area contributed by atoms with Crippen LogP contribution in [0.2, 0.25) is 0 Å². The number of carbonyl (C=O) groups excluding carboxylic acids is 1. The van der Waals surface area contributed by atoms with E-state index in [1.165, 1.54) is 4.67 Å². The smallest absolute Gasteiger partial charge is 0.217 e. The molecule has 0 saturated heterocycles. The summed E-state index contributed by atoms with van der Waals surface area (Å²) >= 11 is 3.30. The van der Waals surface area contributed by atoms with E-state index in [4.69, 9.17) is 0 Å². The summed E-state index contributed by atoms with van der Waals surface area (Å²) in [6.07, 6.45) is 0.744. The van der Waals surface area contributed by atoms with Crippen molar-refractivity contribution in [1.29, 1.82) is 0 Å². The SMILES string of the molecule is O=CN(P)c1ccc(Br)cc1. The average Bonchev–Trinajstić information content (AvgIpc) is 2.05. The van der Waals surface area contributed by atoms with Crippen molar-refractivity contribution < 1.29 is 4.79 Å². The second-order valence-electron chi connectivity index (χ2n) is 1.99. The molecule has 0 saturated carbocycles. The predicted octanol–water partition coefficient (Wildman–Crippen LogP) is 2.20. The van der Waals surface area contributed by atoms with Gasteiger partial charge < -0.3 is 0 Å². The van der Waals surface area contributed by atoms with Crippen LogP contribution in [0.25, 0.3) is 0 Å². The highest BCUT2D eigenvalue weighted by atomic mass is 79.9. The first kappa shape index (κ1) is 8.69. The molecule has 0 aromatic heterocycles. The molecular formula is C7H7BrNOP. The van der Waals surface area contributed by atoms with Crippen LogP contribution in [0.4, 0.5) is 5.69 Å². The van der Waals surface area contributed by atoms with Crippen LogP contribution in [-0.2, 0) is 4.79 Å². The van der Waals surface area contributed by atoms with Crippen LogP contribution in [0.15, 0.2) is 28.7 Å². The van der Waals surface area contributed by atoms with E-state index in [1.54, 1.807) is 0 Å². The topological polar surface area (TPSA) is 20.3 Å². The van der Waals surface area contributed by atoms with Crippen molar-refractivity contribution in [1.82, 2.24) is 0 Å². The largest absolute Gasteiger partial charge is 0.300 e. The fourth-order valence-electron chi connectivity index (χ4n) is 0.674. The van der Waals surface area contributed by atoms with Crippen LogP contribution < -0.4 is 4.67 Å². The zero-order valence-corrected chi connectivity index (χ0v) is 8.44. The molecule has 1 rings (SSSR count). The van der Waals surface area contributed by atoms with Gasteiger partial charge >= 0.3 is 0 Å². The molecule has 4 heteroatoms. The highest BCUT2D eigenvalue weighted by Crippen LogP contribution is 2.19. The molecule has 0 aliphatic carbocycles. The Labute approximate surface area is 76.0 Å². The van der Waals surface area contributed by atoms with Gasteiger partial charge in [0.2, 0.25) is 6.41 Å². The van der Waals surface area contributed by atoms with Gasteiger partial charge in [-0.3, -0.25) is 9.46 Å². The van der Waals surface area contributed by atoms with E-state index in [2.05, 4.69) is 25.3 Å². The van der Waals surface area contributed by atoms with Crippen molar-refractivity contribution in [2.45, 2.75) is 0 Å². The summed E-state index contributed by atoms with van der Waals surface area (Å²) in [5.74, 6) is 0. The maximum absolute atomic E-state index is 10.3. The number of nitrogens with zero attached hydrogens (tertiary/aromatic N) is 1. The first-order valence-electron chi connectivity index (χ1n) is 2.99. The minimum Gasteiger partial charge on any atom is -0.300 e. The monoisotopic (exact) mass is 231 g/mol. The van der Waals surface area contributed by atoms with Crippen molar-refractivity contribution in [3.05, 3.63) is 28.7 Å². The van der Waals surface area contributed by atoms with E-state index >= 15 is 0 Å². The second-order valence-corrected chi connectivity index (χ2v) is 3.46. The van der Waals surface area contributed by atoms with Crippen molar-refractivity contribution in [2.24, 2.45) is 0 Å². The van der Waals surface area contributed by atoms with E-state index < -0.39 is 0 Å². The third-order valence-corrected chi connectivity index (χ3v) is 2.19. The molecule has 0 fully saturated rings.